The highest BCUT2D eigenvalue weighted by molar-refractivity contribution is 6.07. The number of nitrogens with zero attached hydrogens (tertiary/aromatic N) is 4. The van der Waals surface area contributed by atoms with Gasteiger partial charge in [0, 0.05) is 24.3 Å². The number of hydrogen-bond donors (Lipinski definition) is 0. The van der Waals surface area contributed by atoms with E-state index in [1.165, 1.54) is 12.0 Å². The zero-order chi connectivity index (χ0) is 27.9. The molecule has 2 aromatic carbocycles. The molecule has 1 saturated carbocycles. The van der Waals surface area contributed by atoms with Crippen molar-refractivity contribution in [3.63, 3.8) is 0 Å². The van der Waals surface area contributed by atoms with Gasteiger partial charge < -0.3 is 19.3 Å². The van der Waals surface area contributed by atoms with Crippen molar-refractivity contribution < 1.29 is 32.2 Å². The molecule has 2 heterocycles. The smallest absolute Gasteiger partial charge is 0.435 e. The third-order valence-electron chi connectivity index (χ3n) is 7.25. The van der Waals surface area contributed by atoms with Crippen LogP contribution in [0.15, 0.2) is 48.5 Å². The highest BCUT2D eigenvalue weighted by atomic mass is 19.4. The Kier molecular flexibility index (Phi) is 6.88. The van der Waals surface area contributed by atoms with Crippen LogP contribution >= 0.6 is 0 Å². The van der Waals surface area contributed by atoms with Crippen molar-refractivity contribution in [1.29, 1.82) is 0 Å². The second-order valence-corrected chi connectivity index (χ2v) is 10.1. The lowest BCUT2D eigenvalue weighted by atomic mass is 9.95. The lowest BCUT2D eigenvalue weighted by Gasteiger charge is -2.28. The van der Waals surface area contributed by atoms with Crippen molar-refractivity contribution in [3.05, 3.63) is 71.0 Å². The molecule has 0 N–H and O–H groups in total. The lowest BCUT2D eigenvalue weighted by molar-refractivity contribution is -0.147. The van der Waals surface area contributed by atoms with Gasteiger partial charge in [-0.2, -0.15) is 18.3 Å². The Labute approximate surface area is 223 Å². The van der Waals surface area contributed by atoms with Gasteiger partial charge in [0.15, 0.2) is 5.69 Å². The number of fused-ring (bicyclic) bond motifs is 1. The van der Waals surface area contributed by atoms with Crippen LogP contribution in [-0.2, 0) is 27.5 Å². The standard InChI is InChI=1S/C28H29F3N4O4/c1-33(2)16-17-39-26(37)27(13-14-27)18-4-6-19(7-5-18)34-15-12-22-23(25(34)36)35(32-24(22)28(29,30)31)20-8-10-21(38-3)11-9-20/h4-11H,12-17H2,1-3H3. The van der Waals surface area contributed by atoms with Crippen LogP contribution in [-0.4, -0.2) is 67.5 Å². The molecule has 0 atom stereocenters. The maximum atomic E-state index is 13.9. The number of likely N-dealkylation sites (N-methyl/N-ethyl adjacent to an activating group) is 1. The number of amides is 1. The van der Waals surface area contributed by atoms with E-state index in [1.807, 2.05) is 19.0 Å². The van der Waals surface area contributed by atoms with E-state index < -0.39 is 23.2 Å². The van der Waals surface area contributed by atoms with E-state index in [0.717, 1.165) is 10.2 Å². The molecule has 1 aromatic heterocycles. The molecule has 0 saturated heterocycles. The zero-order valence-electron chi connectivity index (χ0n) is 21.9. The average Bonchev–Trinajstić information content (AvgIpc) is 3.62. The number of anilines is 1. The molecule has 206 valence electrons. The molecule has 39 heavy (non-hydrogen) atoms. The van der Waals surface area contributed by atoms with Gasteiger partial charge in [0.05, 0.1) is 18.2 Å². The third kappa shape index (κ3) is 4.98. The van der Waals surface area contributed by atoms with Crippen LogP contribution in [0.4, 0.5) is 18.9 Å². The highest BCUT2D eigenvalue weighted by Crippen LogP contribution is 2.49. The van der Waals surface area contributed by atoms with Crippen LogP contribution in [0.1, 0.15) is 40.2 Å². The van der Waals surface area contributed by atoms with Gasteiger partial charge in [0.1, 0.15) is 18.1 Å². The molecule has 11 heteroatoms. The molecule has 0 bridgehead atoms. The number of benzene rings is 2. The van der Waals surface area contributed by atoms with Crippen LogP contribution in [0, 0.1) is 0 Å². The molecule has 3 aromatic rings. The van der Waals surface area contributed by atoms with Crippen LogP contribution in [0.25, 0.3) is 5.69 Å². The second-order valence-electron chi connectivity index (χ2n) is 10.1. The van der Waals surface area contributed by atoms with Gasteiger partial charge in [-0.05, 0) is 75.3 Å². The van der Waals surface area contributed by atoms with Crippen LogP contribution in [0.3, 0.4) is 0 Å². The minimum Gasteiger partial charge on any atom is -0.497 e. The molecular weight excluding hydrogens is 513 g/mol. The number of carbonyl (C=O) groups excluding carboxylic acids is 2. The molecule has 2 aliphatic rings. The predicted molar refractivity (Wildman–Crippen MR) is 137 cm³/mol. The molecule has 5 rings (SSSR count). The Morgan fingerprint density at radius 3 is 2.26 bits per heavy atom. The van der Waals surface area contributed by atoms with E-state index in [9.17, 15) is 22.8 Å². The number of ether oxygens (including phenoxy) is 2. The fourth-order valence-electron chi connectivity index (χ4n) is 4.90. The van der Waals surface area contributed by atoms with Gasteiger partial charge in [-0.25, -0.2) is 4.68 Å². The van der Waals surface area contributed by atoms with Crippen molar-refractivity contribution in [3.8, 4) is 11.4 Å². The van der Waals surface area contributed by atoms with Gasteiger partial charge in [0.25, 0.3) is 5.91 Å². The van der Waals surface area contributed by atoms with Crippen molar-refractivity contribution in [2.75, 3.05) is 45.8 Å². The number of esters is 1. The number of hydrogen-bond acceptors (Lipinski definition) is 6. The second kappa shape index (κ2) is 10.0. The van der Waals surface area contributed by atoms with Gasteiger partial charge in [-0.15, -0.1) is 0 Å². The van der Waals surface area contributed by atoms with E-state index in [-0.39, 0.29) is 30.2 Å². The maximum absolute atomic E-state index is 13.9. The average molecular weight is 543 g/mol. The van der Waals surface area contributed by atoms with Gasteiger partial charge in [-0.1, -0.05) is 12.1 Å². The molecule has 0 unspecified atom stereocenters. The van der Waals surface area contributed by atoms with Crippen LogP contribution in [0.2, 0.25) is 0 Å². The van der Waals surface area contributed by atoms with Gasteiger partial charge in [-0.3, -0.25) is 9.59 Å². The van der Waals surface area contributed by atoms with E-state index in [0.29, 0.717) is 43.1 Å². The minimum absolute atomic E-state index is 0.00401. The quantitative estimate of drug-likeness (QED) is 0.397. The lowest BCUT2D eigenvalue weighted by Crippen LogP contribution is -2.39. The van der Waals surface area contributed by atoms with E-state index in [2.05, 4.69) is 5.10 Å². The summed E-state index contributed by atoms with van der Waals surface area (Å²) in [4.78, 5) is 29.8. The Balaban J connectivity index is 1.42. The maximum Gasteiger partial charge on any atom is 0.435 e. The number of methoxy groups -OCH3 is 1. The van der Waals surface area contributed by atoms with E-state index in [4.69, 9.17) is 9.47 Å². The fourth-order valence-corrected chi connectivity index (χ4v) is 4.90. The predicted octanol–water partition coefficient (Wildman–Crippen LogP) is 4.24. The Bertz CT molecular complexity index is 1380. The first-order valence-corrected chi connectivity index (χ1v) is 12.6. The molecule has 1 aliphatic carbocycles. The summed E-state index contributed by atoms with van der Waals surface area (Å²) in [6.45, 7) is 1.00. The first kappa shape index (κ1) is 26.7. The molecule has 0 radical (unpaired) electrons. The Morgan fingerprint density at radius 2 is 1.69 bits per heavy atom. The molecule has 1 amide bonds. The summed E-state index contributed by atoms with van der Waals surface area (Å²) in [6.07, 6.45) is -3.34. The first-order valence-electron chi connectivity index (χ1n) is 12.6. The van der Waals surface area contributed by atoms with Gasteiger partial charge >= 0.3 is 12.1 Å². The summed E-state index contributed by atoms with van der Waals surface area (Å²) in [7, 11) is 5.29. The molecular formula is C28H29F3N4O4. The van der Waals surface area contributed by atoms with E-state index in [1.54, 1.807) is 48.5 Å². The van der Waals surface area contributed by atoms with Crippen LogP contribution < -0.4 is 9.64 Å². The minimum atomic E-state index is -4.70. The highest BCUT2D eigenvalue weighted by Gasteiger charge is 2.53. The normalized spacial score (nSPS) is 16.3. The van der Waals surface area contributed by atoms with Gasteiger partial charge in [0.2, 0.25) is 0 Å². The largest absolute Gasteiger partial charge is 0.497 e. The third-order valence-corrected chi connectivity index (χ3v) is 7.25. The van der Waals surface area contributed by atoms with Crippen molar-refractivity contribution in [1.82, 2.24) is 14.7 Å². The number of halogens is 3. The monoisotopic (exact) mass is 542 g/mol. The Hall–Kier alpha value is -3.86. The fraction of sp³-hybridized carbons (Fsp3) is 0.393. The molecule has 8 nitrogen and oxygen atoms in total. The molecule has 1 fully saturated rings. The van der Waals surface area contributed by atoms with E-state index >= 15 is 0 Å². The SMILES string of the molecule is COc1ccc(-n2nc(C(F)(F)F)c3c2C(=O)N(c2ccc(C4(C(=O)OCCN(C)C)CC4)cc2)CC3)cc1. The number of carbonyl (C=O) groups is 2. The Morgan fingerprint density at radius 1 is 1.05 bits per heavy atom. The summed E-state index contributed by atoms with van der Waals surface area (Å²) >= 11 is 0. The molecule has 0 spiro atoms. The summed E-state index contributed by atoms with van der Waals surface area (Å²) in [5.74, 6) is -0.315. The summed E-state index contributed by atoms with van der Waals surface area (Å²) in [5.41, 5.74) is -0.328. The number of alkyl halides is 3. The first-order chi connectivity index (χ1) is 18.5. The summed E-state index contributed by atoms with van der Waals surface area (Å²) in [5, 5.41) is 3.83. The summed E-state index contributed by atoms with van der Waals surface area (Å²) in [6, 6.07) is 13.3. The topological polar surface area (TPSA) is 76.9 Å². The zero-order valence-corrected chi connectivity index (χ0v) is 21.9. The number of aromatic nitrogens is 2. The van der Waals surface area contributed by atoms with Crippen molar-refractivity contribution in [2.45, 2.75) is 30.9 Å². The molecule has 1 aliphatic heterocycles. The summed E-state index contributed by atoms with van der Waals surface area (Å²) < 4.78 is 53.2. The number of rotatable bonds is 8. The van der Waals surface area contributed by atoms with Crippen molar-refractivity contribution >= 4 is 17.6 Å². The van der Waals surface area contributed by atoms with Crippen molar-refractivity contribution in [2.24, 2.45) is 0 Å². The van der Waals surface area contributed by atoms with Crippen LogP contribution in [0.5, 0.6) is 5.75 Å².